The van der Waals surface area contributed by atoms with Crippen LogP contribution in [0.4, 0.5) is 17.1 Å². The third-order valence-corrected chi connectivity index (χ3v) is 2.56. The number of rotatable bonds is 8. The zero-order valence-corrected chi connectivity index (χ0v) is 11.1. The standard InChI is InChI=1S/C11H13N3O7/c1-21-4-2-3-12-10-8(13(17)18)5-7(11(15)16)6-9(10)14(19)20/h5-6,12H,2-4H2,1H3,(H,15,16). The van der Waals surface area contributed by atoms with E-state index >= 15 is 0 Å². The molecule has 0 spiro atoms. The molecule has 0 heterocycles. The molecular formula is C11H13N3O7. The van der Waals surface area contributed by atoms with E-state index in [9.17, 15) is 25.0 Å². The molecule has 1 aromatic carbocycles. The van der Waals surface area contributed by atoms with Gasteiger partial charge in [0.1, 0.15) is 0 Å². The number of nitro benzene ring substituents is 2. The molecule has 114 valence electrons. The van der Waals surface area contributed by atoms with Gasteiger partial charge >= 0.3 is 5.97 Å². The summed E-state index contributed by atoms with van der Waals surface area (Å²) in [4.78, 5) is 31.1. The molecule has 0 bridgehead atoms. The molecule has 10 heteroatoms. The predicted molar refractivity (Wildman–Crippen MR) is 71.7 cm³/mol. The highest BCUT2D eigenvalue weighted by atomic mass is 16.6. The summed E-state index contributed by atoms with van der Waals surface area (Å²) in [6.45, 7) is 0.587. The first-order chi connectivity index (χ1) is 9.88. The molecular weight excluding hydrogens is 286 g/mol. The Labute approximate surface area is 118 Å². The zero-order valence-electron chi connectivity index (χ0n) is 11.1. The van der Waals surface area contributed by atoms with Crippen LogP contribution in [-0.2, 0) is 4.74 Å². The summed E-state index contributed by atoms with van der Waals surface area (Å²) in [6.07, 6.45) is 0.478. The van der Waals surface area contributed by atoms with E-state index in [1.807, 2.05) is 0 Å². The maximum atomic E-state index is 11.0. The highest BCUT2D eigenvalue weighted by Crippen LogP contribution is 2.35. The van der Waals surface area contributed by atoms with Crippen molar-refractivity contribution in [1.29, 1.82) is 0 Å². The van der Waals surface area contributed by atoms with Gasteiger partial charge in [0.15, 0.2) is 5.69 Å². The van der Waals surface area contributed by atoms with Crippen molar-refractivity contribution in [1.82, 2.24) is 0 Å². The van der Waals surface area contributed by atoms with Gasteiger partial charge in [-0.25, -0.2) is 4.79 Å². The molecule has 0 unspecified atom stereocenters. The Morgan fingerprint density at radius 1 is 1.29 bits per heavy atom. The number of nitrogens with zero attached hydrogens (tertiary/aromatic N) is 2. The molecule has 10 nitrogen and oxygen atoms in total. The summed E-state index contributed by atoms with van der Waals surface area (Å²) >= 11 is 0. The van der Waals surface area contributed by atoms with E-state index in [-0.39, 0.29) is 12.2 Å². The van der Waals surface area contributed by atoms with E-state index in [0.29, 0.717) is 13.0 Å². The minimum Gasteiger partial charge on any atom is -0.478 e. The highest BCUT2D eigenvalue weighted by molar-refractivity contribution is 5.92. The maximum Gasteiger partial charge on any atom is 0.336 e. The molecule has 2 N–H and O–H groups in total. The molecule has 0 atom stereocenters. The number of nitro groups is 2. The van der Waals surface area contributed by atoms with Gasteiger partial charge in [-0.3, -0.25) is 20.2 Å². The lowest BCUT2D eigenvalue weighted by atomic mass is 10.1. The quantitative estimate of drug-likeness (QED) is 0.418. The summed E-state index contributed by atoms with van der Waals surface area (Å²) in [5.74, 6) is -1.48. The second-order valence-corrected chi connectivity index (χ2v) is 3.98. The number of aromatic carboxylic acids is 1. The number of anilines is 1. The lowest BCUT2D eigenvalue weighted by Crippen LogP contribution is -2.10. The molecule has 21 heavy (non-hydrogen) atoms. The summed E-state index contributed by atoms with van der Waals surface area (Å²) < 4.78 is 4.80. The maximum absolute atomic E-state index is 11.0. The number of hydrogen-bond donors (Lipinski definition) is 2. The van der Waals surface area contributed by atoms with Gasteiger partial charge < -0.3 is 15.2 Å². The minimum absolute atomic E-state index is 0.210. The van der Waals surface area contributed by atoms with E-state index in [4.69, 9.17) is 9.84 Å². The second-order valence-electron chi connectivity index (χ2n) is 3.98. The van der Waals surface area contributed by atoms with E-state index < -0.39 is 32.8 Å². The molecule has 0 aliphatic heterocycles. The Kier molecular flexibility index (Phi) is 5.55. The summed E-state index contributed by atoms with van der Waals surface area (Å²) in [6, 6.07) is 1.57. The average Bonchev–Trinajstić information content (AvgIpc) is 2.42. The second kappa shape index (κ2) is 7.14. The van der Waals surface area contributed by atoms with Crippen LogP contribution >= 0.6 is 0 Å². The molecule has 0 saturated carbocycles. The van der Waals surface area contributed by atoms with Crippen LogP contribution in [-0.4, -0.2) is 41.2 Å². The number of ether oxygens (including phenoxy) is 1. The number of benzene rings is 1. The Bertz CT molecular complexity index is 538. The fraction of sp³-hybridized carbons (Fsp3) is 0.364. The summed E-state index contributed by atoms with van der Waals surface area (Å²) in [5, 5.41) is 33.4. The van der Waals surface area contributed by atoms with Gasteiger partial charge in [0, 0.05) is 32.4 Å². The highest BCUT2D eigenvalue weighted by Gasteiger charge is 2.28. The zero-order chi connectivity index (χ0) is 16.0. The molecule has 0 radical (unpaired) electrons. The molecule has 1 rings (SSSR count). The van der Waals surface area contributed by atoms with Crippen molar-refractivity contribution in [3.63, 3.8) is 0 Å². The number of carboxylic acid groups (broad SMARTS) is 1. The first-order valence-corrected chi connectivity index (χ1v) is 5.81. The summed E-state index contributed by atoms with van der Waals surface area (Å²) in [7, 11) is 1.48. The molecule has 0 aliphatic rings. The predicted octanol–water partition coefficient (Wildman–Crippen LogP) is 1.65. The minimum atomic E-state index is -1.48. The van der Waals surface area contributed by atoms with Gasteiger partial charge in [-0.05, 0) is 6.42 Å². The third kappa shape index (κ3) is 4.11. The van der Waals surface area contributed by atoms with Crippen molar-refractivity contribution in [2.45, 2.75) is 6.42 Å². The average molecular weight is 299 g/mol. The van der Waals surface area contributed by atoms with E-state index in [2.05, 4.69) is 5.32 Å². The molecule has 0 fully saturated rings. The Hall–Kier alpha value is -2.75. The van der Waals surface area contributed by atoms with Gasteiger partial charge in [-0.2, -0.15) is 0 Å². The van der Waals surface area contributed by atoms with Crippen molar-refractivity contribution < 1.29 is 24.5 Å². The van der Waals surface area contributed by atoms with Crippen LogP contribution in [0.5, 0.6) is 0 Å². The number of carbonyl (C=O) groups is 1. The fourth-order valence-electron chi connectivity index (χ4n) is 1.63. The first-order valence-electron chi connectivity index (χ1n) is 5.81. The van der Waals surface area contributed by atoms with Crippen LogP contribution in [0.25, 0.3) is 0 Å². The van der Waals surface area contributed by atoms with Crippen LogP contribution in [0.2, 0.25) is 0 Å². The van der Waals surface area contributed by atoms with Crippen LogP contribution < -0.4 is 5.32 Å². The van der Waals surface area contributed by atoms with E-state index in [1.165, 1.54) is 7.11 Å². The van der Waals surface area contributed by atoms with Gasteiger partial charge in [0.2, 0.25) is 0 Å². The van der Waals surface area contributed by atoms with E-state index in [0.717, 1.165) is 12.1 Å². The lowest BCUT2D eigenvalue weighted by molar-refractivity contribution is -0.392. The Morgan fingerprint density at radius 3 is 2.19 bits per heavy atom. The molecule has 0 aliphatic carbocycles. The number of nitrogens with one attached hydrogen (secondary N) is 1. The Balaban J connectivity index is 3.26. The molecule has 0 aromatic heterocycles. The molecule has 0 amide bonds. The van der Waals surface area contributed by atoms with Crippen LogP contribution in [0, 0.1) is 20.2 Å². The normalized spacial score (nSPS) is 10.1. The van der Waals surface area contributed by atoms with Crippen molar-refractivity contribution in [3.8, 4) is 0 Å². The first kappa shape index (κ1) is 16.3. The summed E-state index contributed by atoms with van der Waals surface area (Å²) in [5.41, 5.74) is -2.14. The third-order valence-electron chi connectivity index (χ3n) is 2.56. The van der Waals surface area contributed by atoms with Crippen molar-refractivity contribution in [2.24, 2.45) is 0 Å². The van der Waals surface area contributed by atoms with Crippen molar-refractivity contribution >= 4 is 23.0 Å². The number of carboxylic acids is 1. The van der Waals surface area contributed by atoms with Gasteiger partial charge in [0.05, 0.1) is 15.4 Å². The van der Waals surface area contributed by atoms with Gasteiger partial charge in [-0.15, -0.1) is 0 Å². The van der Waals surface area contributed by atoms with Gasteiger partial charge in [0.25, 0.3) is 11.4 Å². The Morgan fingerprint density at radius 2 is 1.81 bits per heavy atom. The largest absolute Gasteiger partial charge is 0.478 e. The van der Waals surface area contributed by atoms with Crippen LogP contribution in [0.15, 0.2) is 12.1 Å². The van der Waals surface area contributed by atoms with Crippen LogP contribution in [0.3, 0.4) is 0 Å². The number of methoxy groups -OCH3 is 1. The molecule has 0 saturated heterocycles. The molecule has 1 aromatic rings. The fourth-order valence-corrected chi connectivity index (χ4v) is 1.63. The lowest BCUT2D eigenvalue weighted by Gasteiger charge is -2.08. The van der Waals surface area contributed by atoms with Gasteiger partial charge in [-0.1, -0.05) is 0 Å². The smallest absolute Gasteiger partial charge is 0.336 e. The van der Waals surface area contributed by atoms with Crippen molar-refractivity contribution in [2.75, 3.05) is 25.6 Å². The number of hydrogen-bond acceptors (Lipinski definition) is 7. The topological polar surface area (TPSA) is 145 Å². The monoisotopic (exact) mass is 299 g/mol. The van der Waals surface area contributed by atoms with Crippen LogP contribution in [0.1, 0.15) is 16.8 Å². The van der Waals surface area contributed by atoms with E-state index in [1.54, 1.807) is 0 Å². The van der Waals surface area contributed by atoms with Crippen molar-refractivity contribution in [3.05, 3.63) is 37.9 Å². The SMILES string of the molecule is COCCCNc1c([N+](=O)[O-])cc(C(=O)O)cc1[N+](=O)[O-].